The summed E-state index contributed by atoms with van der Waals surface area (Å²) < 4.78 is 40.7. The molecule has 1 saturated heterocycles. The number of ether oxygens (including phenoxy) is 1. The van der Waals surface area contributed by atoms with Crippen LogP contribution in [0.25, 0.3) is 0 Å². The molecule has 0 bridgehead atoms. The van der Waals surface area contributed by atoms with Crippen molar-refractivity contribution in [1.82, 2.24) is 4.90 Å². The van der Waals surface area contributed by atoms with Gasteiger partial charge in [-0.15, -0.1) is 3.89 Å². The average Bonchev–Trinajstić information content (AvgIpc) is 3.26. The molecule has 31 heavy (non-hydrogen) atoms. The topological polar surface area (TPSA) is 187 Å². The molecular weight excluding hydrogens is 437 g/mol. The lowest BCUT2D eigenvalue weighted by Crippen LogP contribution is -2.60. The smallest absolute Gasteiger partial charge is 0.332 e. The van der Waals surface area contributed by atoms with Crippen molar-refractivity contribution in [2.75, 3.05) is 13.3 Å². The lowest BCUT2D eigenvalue weighted by atomic mass is 9.86. The fourth-order valence-corrected chi connectivity index (χ4v) is 4.13. The van der Waals surface area contributed by atoms with E-state index < -0.39 is 57.6 Å². The van der Waals surface area contributed by atoms with Crippen molar-refractivity contribution in [3.05, 3.63) is 29.8 Å². The number of benzene rings is 1. The van der Waals surface area contributed by atoms with E-state index in [9.17, 15) is 32.4 Å². The molecule has 5 atom stereocenters. The second-order valence-electron chi connectivity index (χ2n) is 7.05. The number of hydrogen-bond acceptors (Lipinski definition) is 12. The Balaban J connectivity index is 1.70. The lowest BCUT2D eigenvalue weighted by molar-refractivity contribution is -0.0512. The highest BCUT2D eigenvalue weighted by atomic mass is 32.3. The molecule has 3 aliphatic rings. The number of hydrogen-bond donors (Lipinski definition) is 4. The van der Waals surface area contributed by atoms with Gasteiger partial charge in [-0.1, -0.05) is 0 Å². The SMILES string of the molecule is NC1=NCN=C2N([C@@H]3O[C@H](CO)[C@@H](O)[C@H]3O)C=NC12C(=O)c1ccc(S(=O)(=O)F)cc1. The Kier molecular flexibility index (Phi) is 5.13. The van der Waals surface area contributed by atoms with E-state index in [-0.39, 0.29) is 23.9 Å². The van der Waals surface area contributed by atoms with Crippen molar-refractivity contribution in [2.24, 2.45) is 20.7 Å². The number of aliphatic hydroxyl groups excluding tert-OH is 3. The maximum Gasteiger partial charge on any atom is 0.332 e. The fourth-order valence-electron chi connectivity index (χ4n) is 3.67. The van der Waals surface area contributed by atoms with Crippen molar-refractivity contribution in [3.63, 3.8) is 0 Å². The first-order chi connectivity index (χ1) is 14.6. The van der Waals surface area contributed by atoms with Gasteiger partial charge >= 0.3 is 10.2 Å². The minimum atomic E-state index is -4.95. The Hall–Kier alpha value is -2.78. The highest BCUT2D eigenvalue weighted by Gasteiger charge is 2.58. The molecule has 4 rings (SSSR count). The van der Waals surface area contributed by atoms with Gasteiger partial charge in [0, 0.05) is 5.56 Å². The Bertz CT molecular complexity index is 1110. The molecule has 1 unspecified atom stereocenters. The van der Waals surface area contributed by atoms with Gasteiger partial charge in [0.2, 0.25) is 11.3 Å². The van der Waals surface area contributed by atoms with Gasteiger partial charge in [-0.25, -0.2) is 15.0 Å². The maximum atomic E-state index is 13.4. The molecule has 5 N–H and O–H groups in total. The van der Waals surface area contributed by atoms with Crippen molar-refractivity contribution < 1.29 is 37.2 Å². The van der Waals surface area contributed by atoms with Crippen LogP contribution in [0.3, 0.4) is 0 Å². The van der Waals surface area contributed by atoms with E-state index in [0.717, 1.165) is 30.6 Å². The molecule has 1 aromatic rings. The second kappa shape index (κ2) is 7.42. The average molecular weight is 455 g/mol. The van der Waals surface area contributed by atoms with E-state index in [0.29, 0.717) is 0 Å². The van der Waals surface area contributed by atoms with E-state index in [4.69, 9.17) is 10.5 Å². The van der Waals surface area contributed by atoms with E-state index >= 15 is 0 Å². The minimum Gasteiger partial charge on any atom is -0.394 e. The van der Waals surface area contributed by atoms with Crippen LogP contribution in [-0.4, -0.2) is 95.8 Å². The van der Waals surface area contributed by atoms with E-state index in [1.165, 1.54) is 4.90 Å². The number of amidine groups is 2. The van der Waals surface area contributed by atoms with Gasteiger partial charge in [-0.2, -0.15) is 8.42 Å². The minimum absolute atomic E-state index is 0.0259. The van der Waals surface area contributed by atoms with Crippen LogP contribution in [-0.2, 0) is 15.0 Å². The number of nitrogens with zero attached hydrogens (tertiary/aromatic N) is 4. The second-order valence-corrected chi connectivity index (χ2v) is 8.40. The highest BCUT2D eigenvalue weighted by molar-refractivity contribution is 7.86. The van der Waals surface area contributed by atoms with Gasteiger partial charge < -0.3 is 25.8 Å². The molecule has 3 heterocycles. The normalized spacial score (nSPS) is 32.6. The molecule has 0 aliphatic carbocycles. The van der Waals surface area contributed by atoms with Gasteiger partial charge in [0.25, 0.3) is 0 Å². The van der Waals surface area contributed by atoms with Crippen LogP contribution in [0.15, 0.2) is 44.1 Å². The van der Waals surface area contributed by atoms with Crippen molar-refractivity contribution in [3.8, 4) is 0 Å². The molecule has 0 aromatic heterocycles. The summed E-state index contributed by atoms with van der Waals surface area (Å²) in [4.78, 5) is 26.3. The Morgan fingerprint density at radius 2 is 1.94 bits per heavy atom. The zero-order valence-electron chi connectivity index (χ0n) is 15.7. The summed E-state index contributed by atoms with van der Waals surface area (Å²) in [5.74, 6) is -0.947. The fraction of sp³-hybridized carbons (Fsp3) is 0.412. The van der Waals surface area contributed by atoms with Crippen molar-refractivity contribution >= 4 is 34.0 Å². The predicted molar refractivity (Wildman–Crippen MR) is 104 cm³/mol. The number of ketones is 1. The quantitative estimate of drug-likeness (QED) is 0.282. The first-order valence-corrected chi connectivity index (χ1v) is 10.4. The Morgan fingerprint density at radius 3 is 2.52 bits per heavy atom. The lowest BCUT2D eigenvalue weighted by Gasteiger charge is -2.33. The Labute approximate surface area is 175 Å². The van der Waals surface area contributed by atoms with Crippen LogP contribution in [0, 0.1) is 0 Å². The summed E-state index contributed by atoms with van der Waals surface area (Å²) >= 11 is 0. The van der Waals surface area contributed by atoms with Crippen LogP contribution in [0.5, 0.6) is 0 Å². The zero-order valence-corrected chi connectivity index (χ0v) is 16.6. The summed E-state index contributed by atoms with van der Waals surface area (Å²) in [5, 5.41) is 29.7. The molecule has 12 nitrogen and oxygen atoms in total. The van der Waals surface area contributed by atoms with E-state index in [2.05, 4.69) is 15.0 Å². The van der Waals surface area contributed by atoms with Gasteiger partial charge in [0.05, 0.1) is 17.8 Å². The molecule has 0 amide bonds. The highest BCUT2D eigenvalue weighted by Crippen LogP contribution is 2.34. The first-order valence-electron chi connectivity index (χ1n) is 9.02. The Morgan fingerprint density at radius 1 is 1.26 bits per heavy atom. The third-order valence-corrected chi connectivity index (χ3v) is 6.13. The number of aliphatic imine (C=N–C) groups is 3. The van der Waals surface area contributed by atoms with Crippen LogP contribution < -0.4 is 5.73 Å². The molecule has 0 radical (unpaired) electrons. The van der Waals surface area contributed by atoms with Crippen molar-refractivity contribution in [1.29, 1.82) is 0 Å². The summed E-state index contributed by atoms with van der Waals surface area (Å²) in [6, 6.07) is 4.06. The number of nitrogens with two attached hydrogens (primary N) is 1. The van der Waals surface area contributed by atoms with E-state index in [1.807, 2.05) is 0 Å². The molecule has 166 valence electrons. The summed E-state index contributed by atoms with van der Waals surface area (Å²) in [5.41, 5.74) is 4.07. The van der Waals surface area contributed by atoms with Gasteiger partial charge in [-0.05, 0) is 24.3 Å². The molecule has 14 heteroatoms. The molecule has 0 spiro atoms. The molecule has 3 aliphatic heterocycles. The molecule has 1 fully saturated rings. The predicted octanol–water partition coefficient (Wildman–Crippen LogP) is -2.22. The van der Waals surface area contributed by atoms with Gasteiger partial charge in [0.15, 0.2) is 12.1 Å². The standard InChI is InChI=1S/C17H18FN5O7S/c18-31(28,29)9-3-1-8(2-4-9)13(27)17-15(19)20-6-21-16(17)23(7-22-17)14-12(26)11(25)10(5-24)30-14/h1-4,7,10-12,14,24-26H,5-6H2,(H2,19,20)/t10-,11-,12-,14-,17?/m1/s1. The van der Waals surface area contributed by atoms with Crippen molar-refractivity contribution in [2.45, 2.75) is 35.0 Å². The number of fused-ring (bicyclic) bond motifs is 1. The molecule has 0 saturated carbocycles. The van der Waals surface area contributed by atoms with Gasteiger partial charge in [-0.3, -0.25) is 9.69 Å². The van der Waals surface area contributed by atoms with Gasteiger partial charge in [0.1, 0.15) is 30.8 Å². The number of carbonyl (C=O) groups is 1. The molecule has 1 aromatic carbocycles. The third-order valence-electron chi connectivity index (χ3n) is 5.29. The van der Waals surface area contributed by atoms with Crippen LogP contribution in [0.4, 0.5) is 3.89 Å². The monoisotopic (exact) mass is 455 g/mol. The maximum absolute atomic E-state index is 13.4. The van der Waals surface area contributed by atoms with Crippen LogP contribution in [0.1, 0.15) is 10.4 Å². The third kappa shape index (κ3) is 3.23. The van der Waals surface area contributed by atoms with Crippen LogP contribution in [0.2, 0.25) is 0 Å². The summed E-state index contributed by atoms with van der Waals surface area (Å²) in [6.45, 7) is -0.687. The zero-order chi connectivity index (χ0) is 22.6. The number of Topliss-reactive ketones (excluding diaryl/α,β-unsaturated/α-hetero) is 1. The number of rotatable bonds is 5. The summed E-state index contributed by atoms with van der Waals surface area (Å²) in [7, 11) is -4.95. The first kappa shape index (κ1) is 21.5. The largest absolute Gasteiger partial charge is 0.394 e. The molecular formula is C17H18FN5O7S. The number of halogens is 1. The number of carbonyl (C=O) groups excluding carboxylic acids is 1. The van der Waals surface area contributed by atoms with E-state index in [1.54, 1.807) is 0 Å². The van der Waals surface area contributed by atoms with Crippen LogP contribution >= 0.6 is 0 Å². The summed E-state index contributed by atoms with van der Waals surface area (Å²) in [6.07, 6.45) is -3.96. The number of aliphatic hydroxyl groups is 3.